The second-order valence-corrected chi connectivity index (χ2v) is 6.94. The van der Waals surface area contributed by atoms with Crippen LogP contribution < -0.4 is 10.5 Å². The first kappa shape index (κ1) is 21.7. The molecule has 0 aliphatic heterocycles. The average Bonchev–Trinajstić information content (AvgIpc) is 2.73. The van der Waals surface area contributed by atoms with E-state index in [-0.39, 0.29) is 25.1 Å². The highest BCUT2D eigenvalue weighted by atomic mass is 16.6. The lowest BCUT2D eigenvalue weighted by molar-refractivity contribution is -0.154. The number of hydrogen-bond donors (Lipinski definition) is 1. The Bertz CT molecular complexity index is 820. The van der Waals surface area contributed by atoms with Crippen LogP contribution in [-0.2, 0) is 19.1 Å². The van der Waals surface area contributed by atoms with Gasteiger partial charge in [-0.15, -0.1) is 0 Å². The number of carbonyl (C=O) groups is 2. The molecular weight excluding hydrogens is 358 g/mol. The highest BCUT2D eigenvalue weighted by Gasteiger charge is 2.21. The molecule has 2 aromatic rings. The van der Waals surface area contributed by atoms with Crippen LogP contribution >= 0.6 is 0 Å². The van der Waals surface area contributed by atoms with Gasteiger partial charge in [0.05, 0.1) is 13.0 Å². The fourth-order valence-corrected chi connectivity index (χ4v) is 2.77. The van der Waals surface area contributed by atoms with Crippen LogP contribution in [0.5, 0.6) is 5.75 Å². The number of methoxy groups -OCH3 is 1. The van der Waals surface area contributed by atoms with Crippen LogP contribution in [0.1, 0.15) is 38.7 Å². The maximum Gasteiger partial charge on any atom is 0.323 e. The van der Waals surface area contributed by atoms with Gasteiger partial charge < -0.3 is 19.9 Å². The Balaban J connectivity index is 1.87. The van der Waals surface area contributed by atoms with Gasteiger partial charge in [-0.05, 0) is 41.3 Å². The maximum atomic E-state index is 12.3. The molecule has 0 saturated carbocycles. The van der Waals surface area contributed by atoms with Crippen LogP contribution in [0.25, 0.3) is 10.8 Å². The van der Waals surface area contributed by atoms with E-state index in [0.717, 1.165) is 28.5 Å². The van der Waals surface area contributed by atoms with Crippen molar-refractivity contribution in [1.29, 1.82) is 0 Å². The molecule has 0 amide bonds. The molecule has 0 aliphatic rings. The minimum Gasteiger partial charge on any atom is -0.497 e. The van der Waals surface area contributed by atoms with Gasteiger partial charge in [0, 0.05) is 0 Å². The molecule has 2 rings (SSSR count). The number of benzene rings is 2. The van der Waals surface area contributed by atoms with Crippen LogP contribution in [0.3, 0.4) is 0 Å². The first-order valence-corrected chi connectivity index (χ1v) is 9.54. The zero-order chi connectivity index (χ0) is 20.7. The molecule has 0 heterocycles. The smallest absolute Gasteiger partial charge is 0.323 e. The SMILES string of the molecule is CCC(C)C(N)C(=O)OCCOC(=O)C(C)c1ccc2cc(OC)ccc2c1. The molecule has 0 bridgehead atoms. The molecule has 0 aliphatic carbocycles. The summed E-state index contributed by atoms with van der Waals surface area (Å²) in [6, 6.07) is 10.9. The molecule has 0 aromatic heterocycles. The molecule has 0 spiro atoms. The Hall–Kier alpha value is -2.60. The standard InChI is InChI=1S/C22H29NO5/c1-5-14(2)20(23)22(25)28-11-10-27-21(24)15(3)16-6-7-18-13-19(26-4)9-8-17(18)12-16/h6-9,12-15,20H,5,10-11,23H2,1-4H3. The lowest BCUT2D eigenvalue weighted by atomic mass is 9.98. The predicted octanol–water partition coefficient (Wildman–Crippen LogP) is 3.41. The Morgan fingerprint density at radius 3 is 2.21 bits per heavy atom. The van der Waals surface area contributed by atoms with E-state index in [1.165, 1.54) is 0 Å². The molecule has 0 fully saturated rings. The second kappa shape index (κ2) is 10.1. The summed E-state index contributed by atoms with van der Waals surface area (Å²) in [5, 5.41) is 2.05. The van der Waals surface area contributed by atoms with Crippen molar-refractivity contribution < 1.29 is 23.8 Å². The first-order chi connectivity index (χ1) is 13.4. The van der Waals surface area contributed by atoms with Crippen molar-refractivity contribution in [1.82, 2.24) is 0 Å². The highest BCUT2D eigenvalue weighted by molar-refractivity contribution is 5.86. The number of esters is 2. The molecule has 0 radical (unpaired) electrons. The van der Waals surface area contributed by atoms with Crippen molar-refractivity contribution in [3.05, 3.63) is 42.0 Å². The first-order valence-electron chi connectivity index (χ1n) is 9.54. The van der Waals surface area contributed by atoms with Gasteiger partial charge in [-0.3, -0.25) is 9.59 Å². The number of fused-ring (bicyclic) bond motifs is 1. The Kier molecular flexibility index (Phi) is 7.81. The Labute approximate surface area is 165 Å². The predicted molar refractivity (Wildman–Crippen MR) is 108 cm³/mol. The summed E-state index contributed by atoms with van der Waals surface area (Å²) in [4.78, 5) is 24.1. The molecule has 2 aromatic carbocycles. The van der Waals surface area contributed by atoms with Crippen molar-refractivity contribution in [2.75, 3.05) is 20.3 Å². The van der Waals surface area contributed by atoms with Gasteiger partial charge >= 0.3 is 11.9 Å². The third-order valence-corrected chi connectivity index (χ3v) is 5.03. The molecule has 152 valence electrons. The van der Waals surface area contributed by atoms with E-state index in [9.17, 15) is 9.59 Å². The van der Waals surface area contributed by atoms with Crippen LogP contribution in [0.4, 0.5) is 0 Å². The summed E-state index contributed by atoms with van der Waals surface area (Å²) >= 11 is 0. The van der Waals surface area contributed by atoms with Crippen LogP contribution in [-0.4, -0.2) is 38.3 Å². The second-order valence-electron chi connectivity index (χ2n) is 6.94. The van der Waals surface area contributed by atoms with Crippen molar-refractivity contribution in [3.63, 3.8) is 0 Å². The minimum atomic E-state index is -0.657. The maximum absolute atomic E-state index is 12.3. The third-order valence-electron chi connectivity index (χ3n) is 5.03. The number of nitrogens with two attached hydrogens (primary N) is 1. The summed E-state index contributed by atoms with van der Waals surface area (Å²) < 4.78 is 15.6. The number of ether oxygens (including phenoxy) is 3. The van der Waals surface area contributed by atoms with Crippen LogP contribution in [0, 0.1) is 5.92 Å². The van der Waals surface area contributed by atoms with Gasteiger partial charge in [-0.2, -0.15) is 0 Å². The Morgan fingerprint density at radius 2 is 1.57 bits per heavy atom. The molecule has 28 heavy (non-hydrogen) atoms. The monoisotopic (exact) mass is 387 g/mol. The molecule has 3 unspecified atom stereocenters. The lowest BCUT2D eigenvalue weighted by Crippen LogP contribution is -2.38. The molecule has 6 heteroatoms. The van der Waals surface area contributed by atoms with E-state index in [4.69, 9.17) is 19.9 Å². The van der Waals surface area contributed by atoms with E-state index in [0.29, 0.717) is 0 Å². The normalized spacial score (nSPS) is 14.2. The molecule has 0 saturated heterocycles. The fourth-order valence-electron chi connectivity index (χ4n) is 2.77. The average molecular weight is 387 g/mol. The molecule has 3 atom stereocenters. The van der Waals surface area contributed by atoms with Gasteiger partial charge in [0.15, 0.2) is 0 Å². The van der Waals surface area contributed by atoms with Gasteiger partial charge in [0.25, 0.3) is 0 Å². The van der Waals surface area contributed by atoms with E-state index < -0.39 is 17.9 Å². The number of carbonyl (C=O) groups excluding carboxylic acids is 2. The highest BCUT2D eigenvalue weighted by Crippen LogP contribution is 2.25. The third kappa shape index (κ3) is 5.45. The van der Waals surface area contributed by atoms with E-state index in [1.54, 1.807) is 14.0 Å². The topological polar surface area (TPSA) is 87.9 Å². The quantitative estimate of drug-likeness (QED) is 0.524. The molecule has 2 N–H and O–H groups in total. The van der Waals surface area contributed by atoms with E-state index >= 15 is 0 Å². The molecule has 6 nitrogen and oxygen atoms in total. The van der Waals surface area contributed by atoms with Crippen LogP contribution in [0.15, 0.2) is 36.4 Å². The Morgan fingerprint density at radius 1 is 0.964 bits per heavy atom. The summed E-state index contributed by atoms with van der Waals surface area (Å²) in [6.45, 7) is 5.65. The van der Waals surface area contributed by atoms with Gasteiger partial charge in [0.1, 0.15) is 25.0 Å². The van der Waals surface area contributed by atoms with Gasteiger partial charge in [-0.25, -0.2) is 0 Å². The van der Waals surface area contributed by atoms with Crippen molar-refractivity contribution in [2.45, 2.75) is 39.2 Å². The summed E-state index contributed by atoms with van der Waals surface area (Å²) in [5.41, 5.74) is 6.67. The van der Waals surface area contributed by atoms with E-state index in [2.05, 4.69) is 0 Å². The van der Waals surface area contributed by atoms with Crippen molar-refractivity contribution >= 4 is 22.7 Å². The molecular formula is C22H29NO5. The summed E-state index contributed by atoms with van der Waals surface area (Å²) in [7, 11) is 1.63. The lowest BCUT2D eigenvalue weighted by Gasteiger charge is -2.17. The minimum absolute atomic E-state index is 0.00105. The number of rotatable bonds is 9. The number of hydrogen-bond acceptors (Lipinski definition) is 6. The summed E-state index contributed by atoms with van der Waals surface area (Å²) in [6.07, 6.45) is 0.793. The van der Waals surface area contributed by atoms with Crippen molar-refractivity contribution in [2.24, 2.45) is 11.7 Å². The van der Waals surface area contributed by atoms with Crippen molar-refractivity contribution in [3.8, 4) is 5.75 Å². The van der Waals surface area contributed by atoms with Crippen LogP contribution in [0.2, 0.25) is 0 Å². The van der Waals surface area contributed by atoms with E-state index in [1.807, 2.05) is 50.2 Å². The zero-order valence-corrected chi connectivity index (χ0v) is 16.9. The fraction of sp³-hybridized carbons (Fsp3) is 0.455. The zero-order valence-electron chi connectivity index (χ0n) is 16.9. The summed E-state index contributed by atoms with van der Waals surface area (Å²) in [5.74, 6) is -0.429. The largest absolute Gasteiger partial charge is 0.497 e. The van der Waals surface area contributed by atoms with Gasteiger partial charge in [-0.1, -0.05) is 44.5 Å². The van der Waals surface area contributed by atoms with Gasteiger partial charge in [0.2, 0.25) is 0 Å².